The number of hydrogen-bond acceptors (Lipinski definition) is 3. The molecule has 0 aliphatic heterocycles. The van der Waals surface area contributed by atoms with Crippen LogP contribution in [-0.4, -0.2) is 10.9 Å². The lowest BCUT2D eigenvalue weighted by molar-refractivity contribution is -0.137. The van der Waals surface area contributed by atoms with E-state index in [1.54, 1.807) is 17.5 Å². The van der Waals surface area contributed by atoms with Gasteiger partial charge in [0.25, 0.3) is 0 Å². The number of thiazole rings is 1. The summed E-state index contributed by atoms with van der Waals surface area (Å²) in [5, 5.41) is 4.75. The first kappa shape index (κ1) is 18.1. The number of anilines is 1. The molecule has 0 aliphatic carbocycles. The van der Waals surface area contributed by atoms with Gasteiger partial charge in [0.1, 0.15) is 10.8 Å². The largest absolute Gasteiger partial charge is 0.416 e. The Hall–Kier alpha value is -2.74. The summed E-state index contributed by atoms with van der Waals surface area (Å²) >= 11 is 1.30. The Balaban J connectivity index is 1.67. The molecule has 1 amide bonds. The Kier molecular flexibility index (Phi) is 5.03. The van der Waals surface area contributed by atoms with E-state index in [2.05, 4.69) is 10.3 Å². The first-order valence-electron chi connectivity index (χ1n) is 7.49. The number of rotatable bonds is 4. The molecule has 0 atom stereocenters. The van der Waals surface area contributed by atoms with E-state index in [1.807, 2.05) is 0 Å². The number of aromatic nitrogens is 1. The highest BCUT2D eigenvalue weighted by Gasteiger charge is 2.30. The van der Waals surface area contributed by atoms with E-state index in [0.29, 0.717) is 10.7 Å². The smallest absolute Gasteiger partial charge is 0.326 e. The van der Waals surface area contributed by atoms with Crippen molar-refractivity contribution in [3.8, 4) is 10.6 Å². The number of hydrogen-bond donors (Lipinski definition) is 1. The monoisotopic (exact) mass is 380 g/mol. The number of nitrogens with zero attached hydrogens (tertiary/aromatic N) is 1. The van der Waals surface area contributed by atoms with E-state index < -0.39 is 17.6 Å². The molecule has 2 aromatic carbocycles. The highest BCUT2D eigenvalue weighted by Crippen LogP contribution is 2.30. The number of carbonyl (C=O) groups excluding carboxylic acids is 1. The predicted octanol–water partition coefficient (Wildman–Crippen LogP) is 5.15. The Labute approximate surface area is 150 Å². The van der Waals surface area contributed by atoms with Crippen LogP contribution in [-0.2, 0) is 17.4 Å². The van der Waals surface area contributed by atoms with E-state index in [-0.39, 0.29) is 17.9 Å². The Morgan fingerprint density at radius 3 is 2.54 bits per heavy atom. The first-order valence-corrected chi connectivity index (χ1v) is 8.37. The molecule has 0 fully saturated rings. The van der Waals surface area contributed by atoms with Gasteiger partial charge in [-0.15, -0.1) is 11.3 Å². The third-order valence-corrected chi connectivity index (χ3v) is 4.40. The molecule has 1 heterocycles. The van der Waals surface area contributed by atoms with Crippen molar-refractivity contribution in [3.05, 3.63) is 71.0 Å². The van der Waals surface area contributed by atoms with Crippen molar-refractivity contribution in [3.63, 3.8) is 0 Å². The summed E-state index contributed by atoms with van der Waals surface area (Å²) in [6.45, 7) is 0. The molecule has 0 saturated heterocycles. The zero-order chi connectivity index (χ0) is 18.7. The molecular formula is C18H12F4N2OS. The topological polar surface area (TPSA) is 42.0 Å². The second-order valence-corrected chi connectivity index (χ2v) is 6.31. The molecule has 1 N–H and O–H groups in total. The van der Waals surface area contributed by atoms with Crippen LogP contribution in [0.5, 0.6) is 0 Å². The van der Waals surface area contributed by atoms with Gasteiger partial charge in [-0.05, 0) is 42.5 Å². The maximum absolute atomic E-state index is 12.9. The van der Waals surface area contributed by atoms with Gasteiger partial charge in [-0.1, -0.05) is 6.07 Å². The second kappa shape index (κ2) is 7.25. The molecule has 0 aliphatic rings. The minimum atomic E-state index is -4.47. The average molecular weight is 380 g/mol. The van der Waals surface area contributed by atoms with Crippen LogP contribution in [0, 0.1) is 5.82 Å². The Bertz CT molecular complexity index is 919. The van der Waals surface area contributed by atoms with Crippen molar-refractivity contribution >= 4 is 22.9 Å². The lowest BCUT2D eigenvalue weighted by atomic mass is 10.2. The van der Waals surface area contributed by atoms with Crippen LogP contribution in [0.15, 0.2) is 53.9 Å². The lowest BCUT2D eigenvalue weighted by Gasteiger charge is -2.09. The van der Waals surface area contributed by atoms with Crippen molar-refractivity contribution in [1.82, 2.24) is 4.98 Å². The van der Waals surface area contributed by atoms with Crippen LogP contribution in [0.1, 0.15) is 11.3 Å². The fourth-order valence-corrected chi connectivity index (χ4v) is 3.08. The summed E-state index contributed by atoms with van der Waals surface area (Å²) in [5.41, 5.74) is 0.445. The summed E-state index contributed by atoms with van der Waals surface area (Å²) in [7, 11) is 0. The van der Waals surface area contributed by atoms with Crippen LogP contribution in [0.4, 0.5) is 23.2 Å². The van der Waals surface area contributed by atoms with Gasteiger partial charge >= 0.3 is 6.18 Å². The first-order chi connectivity index (χ1) is 12.3. The molecule has 3 rings (SSSR count). The van der Waals surface area contributed by atoms with Gasteiger partial charge in [-0.2, -0.15) is 13.2 Å². The molecule has 26 heavy (non-hydrogen) atoms. The second-order valence-electron chi connectivity index (χ2n) is 5.45. The lowest BCUT2D eigenvalue weighted by Crippen LogP contribution is -2.15. The Morgan fingerprint density at radius 2 is 1.85 bits per heavy atom. The van der Waals surface area contributed by atoms with Gasteiger partial charge in [-0.25, -0.2) is 9.37 Å². The maximum atomic E-state index is 12.9. The van der Waals surface area contributed by atoms with Crippen molar-refractivity contribution in [2.45, 2.75) is 12.6 Å². The van der Waals surface area contributed by atoms with Crippen molar-refractivity contribution in [1.29, 1.82) is 0 Å². The van der Waals surface area contributed by atoms with Crippen LogP contribution in [0.2, 0.25) is 0 Å². The molecule has 8 heteroatoms. The van der Waals surface area contributed by atoms with Crippen LogP contribution < -0.4 is 5.32 Å². The minimum absolute atomic E-state index is 0.0683. The fraction of sp³-hybridized carbons (Fsp3) is 0.111. The third kappa shape index (κ3) is 4.45. The zero-order valence-corrected chi connectivity index (χ0v) is 14.0. The molecule has 0 radical (unpaired) electrons. The number of alkyl halides is 3. The van der Waals surface area contributed by atoms with Crippen LogP contribution in [0.3, 0.4) is 0 Å². The SMILES string of the molecule is O=C(Cc1csc(-c2ccc(F)cc2)n1)Nc1cccc(C(F)(F)F)c1. The standard InChI is InChI=1S/C18H12F4N2OS/c19-13-6-4-11(5-7-13)17-24-15(10-26-17)9-16(25)23-14-3-1-2-12(8-14)18(20,21)22/h1-8,10H,9H2,(H,23,25). The molecule has 0 bridgehead atoms. The van der Waals surface area contributed by atoms with Gasteiger partial charge in [0, 0.05) is 16.6 Å². The van der Waals surface area contributed by atoms with Crippen LogP contribution >= 0.6 is 11.3 Å². The van der Waals surface area contributed by atoms with Crippen molar-refractivity contribution in [2.24, 2.45) is 0 Å². The molecule has 3 aromatic rings. The normalized spacial score (nSPS) is 11.4. The zero-order valence-electron chi connectivity index (χ0n) is 13.2. The third-order valence-electron chi connectivity index (χ3n) is 3.46. The highest BCUT2D eigenvalue weighted by atomic mass is 32.1. The molecule has 0 spiro atoms. The molecule has 0 unspecified atom stereocenters. The molecule has 3 nitrogen and oxygen atoms in total. The van der Waals surface area contributed by atoms with E-state index >= 15 is 0 Å². The van der Waals surface area contributed by atoms with Gasteiger partial charge in [0.15, 0.2) is 0 Å². The number of nitrogens with one attached hydrogen (secondary N) is 1. The van der Waals surface area contributed by atoms with E-state index in [1.165, 1.54) is 35.6 Å². The predicted molar refractivity (Wildman–Crippen MR) is 91.3 cm³/mol. The Morgan fingerprint density at radius 1 is 1.12 bits per heavy atom. The van der Waals surface area contributed by atoms with Gasteiger partial charge in [0.05, 0.1) is 17.7 Å². The number of benzene rings is 2. The number of carbonyl (C=O) groups is 1. The van der Waals surface area contributed by atoms with Gasteiger partial charge < -0.3 is 5.32 Å². The fourth-order valence-electron chi connectivity index (χ4n) is 2.26. The van der Waals surface area contributed by atoms with Gasteiger partial charge in [0.2, 0.25) is 5.91 Å². The van der Waals surface area contributed by atoms with E-state index in [9.17, 15) is 22.4 Å². The van der Waals surface area contributed by atoms with Gasteiger partial charge in [-0.3, -0.25) is 4.79 Å². The minimum Gasteiger partial charge on any atom is -0.326 e. The maximum Gasteiger partial charge on any atom is 0.416 e. The van der Waals surface area contributed by atoms with Crippen molar-refractivity contribution < 1.29 is 22.4 Å². The van der Waals surface area contributed by atoms with Crippen LogP contribution in [0.25, 0.3) is 10.6 Å². The summed E-state index contributed by atoms with van der Waals surface area (Å²) < 4.78 is 51.0. The quantitative estimate of drug-likeness (QED) is 0.636. The summed E-state index contributed by atoms with van der Waals surface area (Å²) in [4.78, 5) is 16.4. The highest BCUT2D eigenvalue weighted by molar-refractivity contribution is 7.13. The summed E-state index contributed by atoms with van der Waals surface area (Å²) in [6, 6.07) is 10.2. The number of halogens is 4. The molecular weight excluding hydrogens is 368 g/mol. The summed E-state index contributed by atoms with van der Waals surface area (Å²) in [6.07, 6.45) is -4.55. The molecule has 134 valence electrons. The van der Waals surface area contributed by atoms with E-state index in [0.717, 1.165) is 17.7 Å². The average Bonchev–Trinajstić information content (AvgIpc) is 3.03. The number of amides is 1. The van der Waals surface area contributed by atoms with E-state index in [4.69, 9.17) is 0 Å². The van der Waals surface area contributed by atoms with Crippen molar-refractivity contribution in [2.75, 3.05) is 5.32 Å². The summed E-state index contributed by atoms with van der Waals surface area (Å²) in [5.74, 6) is -0.828. The molecule has 0 saturated carbocycles. The molecule has 1 aromatic heterocycles.